The van der Waals surface area contributed by atoms with E-state index in [1.807, 2.05) is 44.2 Å². The van der Waals surface area contributed by atoms with Gasteiger partial charge < -0.3 is 10.3 Å². The molecule has 2 amide bonds. The molecular formula is C20H19N5O3. The van der Waals surface area contributed by atoms with Gasteiger partial charge in [0.2, 0.25) is 0 Å². The van der Waals surface area contributed by atoms with Gasteiger partial charge in [-0.25, -0.2) is 10.2 Å². The summed E-state index contributed by atoms with van der Waals surface area (Å²) in [6, 6.07) is 15.6. The van der Waals surface area contributed by atoms with E-state index in [0.717, 1.165) is 33.8 Å². The van der Waals surface area contributed by atoms with Crippen LogP contribution in [0.4, 0.5) is 10.5 Å². The maximum Gasteiger partial charge on any atom is 0.332 e. The van der Waals surface area contributed by atoms with Crippen molar-refractivity contribution in [2.45, 2.75) is 13.8 Å². The predicted molar refractivity (Wildman–Crippen MR) is 108 cm³/mol. The van der Waals surface area contributed by atoms with Crippen LogP contribution in [0.2, 0.25) is 0 Å². The molecule has 0 saturated heterocycles. The number of nitrogens with one attached hydrogen (secondary N) is 1. The summed E-state index contributed by atoms with van der Waals surface area (Å²) in [5.74, 6) is 0. The number of nitrogens with zero attached hydrogens (tertiary/aromatic N) is 3. The molecule has 0 unspecified atom stereocenters. The van der Waals surface area contributed by atoms with Crippen LogP contribution >= 0.6 is 0 Å². The van der Waals surface area contributed by atoms with Crippen molar-refractivity contribution in [1.82, 2.24) is 9.99 Å². The minimum Gasteiger partial charge on any atom is -0.350 e. The normalized spacial score (nSPS) is 10.9. The molecule has 0 radical (unpaired) electrons. The van der Waals surface area contributed by atoms with Crippen molar-refractivity contribution in [2.75, 3.05) is 0 Å². The van der Waals surface area contributed by atoms with Crippen LogP contribution in [0, 0.1) is 24.0 Å². The highest BCUT2D eigenvalue weighted by atomic mass is 16.6. The van der Waals surface area contributed by atoms with Crippen molar-refractivity contribution >= 4 is 17.9 Å². The summed E-state index contributed by atoms with van der Waals surface area (Å²) in [4.78, 5) is 21.1. The van der Waals surface area contributed by atoms with Crippen molar-refractivity contribution in [1.29, 1.82) is 0 Å². The van der Waals surface area contributed by atoms with Crippen LogP contribution in [0.1, 0.15) is 17.0 Å². The number of urea groups is 1. The van der Waals surface area contributed by atoms with E-state index in [1.165, 1.54) is 12.1 Å². The molecule has 2 aromatic carbocycles. The number of aromatic nitrogens is 1. The molecule has 3 rings (SSSR count). The number of amides is 2. The minimum absolute atomic E-state index is 0.0685. The maximum atomic E-state index is 10.8. The Morgan fingerprint density at radius 2 is 1.68 bits per heavy atom. The molecule has 0 bridgehead atoms. The summed E-state index contributed by atoms with van der Waals surface area (Å²) in [5, 5.41) is 14.6. The van der Waals surface area contributed by atoms with Crippen LogP contribution in [-0.4, -0.2) is 21.7 Å². The number of nitro benzene ring substituents is 1. The highest BCUT2D eigenvalue weighted by Gasteiger charge is 2.10. The Kier molecular flexibility index (Phi) is 5.21. The zero-order valence-electron chi connectivity index (χ0n) is 15.4. The number of hydrogen-bond donors (Lipinski definition) is 2. The number of carbonyl (C=O) groups excluding carboxylic acids is 1. The lowest BCUT2D eigenvalue weighted by molar-refractivity contribution is -0.384. The van der Waals surface area contributed by atoms with E-state index in [2.05, 4.69) is 15.1 Å². The standard InChI is InChI=1S/C20H19N5O3/c1-13-11-17(12-22-23-20(21)26)14(2)24(13)18-7-3-15(4-8-18)16-5-9-19(10-6-16)25(27)28/h3-12H,1-2H3,(H3,21,23,26)/b22-12-. The summed E-state index contributed by atoms with van der Waals surface area (Å²) in [5.41, 5.74) is 13.0. The second-order valence-electron chi connectivity index (χ2n) is 6.25. The van der Waals surface area contributed by atoms with Crippen LogP contribution in [0.5, 0.6) is 0 Å². The Labute approximate surface area is 161 Å². The molecule has 1 heterocycles. The topological polar surface area (TPSA) is 116 Å². The Balaban J connectivity index is 1.87. The van der Waals surface area contributed by atoms with E-state index in [1.54, 1.807) is 18.3 Å². The summed E-state index contributed by atoms with van der Waals surface area (Å²) in [6.45, 7) is 3.94. The molecule has 142 valence electrons. The van der Waals surface area contributed by atoms with Gasteiger partial charge in [-0.2, -0.15) is 5.10 Å². The molecule has 3 aromatic rings. The first-order valence-electron chi connectivity index (χ1n) is 8.49. The van der Waals surface area contributed by atoms with E-state index < -0.39 is 11.0 Å². The van der Waals surface area contributed by atoms with Gasteiger partial charge in [0.15, 0.2) is 0 Å². The molecule has 0 saturated carbocycles. The molecule has 8 heteroatoms. The Morgan fingerprint density at radius 1 is 1.11 bits per heavy atom. The summed E-state index contributed by atoms with van der Waals surface area (Å²) < 4.78 is 2.07. The number of hydrazone groups is 1. The smallest absolute Gasteiger partial charge is 0.332 e. The third-order valence-electron chi connectivity index (χ3n) is 4.39. The highest BCUT2D eigenvalue weighted by molar-refractivity contribution is 5.83. The zero-order valence-corrected chi connectivity index (χ0v) is 15.4. The molecule has 0 fully saturated rings. The molecule has 0 spiro atoms. The number of hydrogen-bond acceptors (Lipinski definition) is 4. The number of benzene rings is 2. The fraction of sp³-hybridized carbons (Fsp3) is 0.100. The number of non-ortho nitro benzene ring substituents is 1. The molecule has 0 atom stereocenters. The average Bonchev–Trinajstić information content (AvgIpc) is 2.95. The summed E-state index contributed by atoms with van der Waals surface area (Å²) in [7, 11) is 0. The van der Waals surface area contributed by atoms with Gasteiger partial charge in [-0.15, -0.1) is 0 Å². The molecule has 8 nitrogen and oxygen atoms in total. The largest absolute Gasteiger partial charge is 0.350 e. The van der Waals surface area contributed by atoms with Crippen molar-refractivity contribution < 1.29 is 9.72 Å². The van der Waals surface area contributed by atoms with E-state index in [-0.39, 0.29) is 5.69 Å². The van der Waals surface area contributed by atoms with Gasteiger partial charge in [0.05, 0.1) is 11.1 Å². The maximum absolute atomic E-state index is 10.8. The number of nitro groups is 1. The van der Waals surface area contributed by atoms with Crippen LogP contribution in [0.25, 0.3) is 16.8 Å². The number of nitrogens with two attached hydrogens (primary N) is 1. The molecular weight excluding hydrogens is 358 g/mol. The fourth-order valence-electron chi connectivity index (χ4n) is 3.06. The number of aryl methyl sites for hydroxylation is 1. The zero-order chi connectivity index (χ0) is 20.3. The predicted octanol–water partition coefficient (Wildman–Crippen LogP) is 3.67. The Bertz CT molecular complexity index is 1050. The third kappa shape index (κ3) is 3.90. The lowest BCUT2D eigenvalue weighted by Crippen LogP contribution is -2.24. The van der Waals surface area contributed by atoms with Crippen LogP contribution in [-0.2, 0) is 0 Å². The Morgan fingerprint density at radius 3 is 2.21 bits per heavy atom. The van der Waals surface area contributed by atoms with Gasteiger partial charge in [-0.05, 0) is 55.3 Å². The SMILES string of the molecule is Cc1cc(/C=N\NC(N)=O)c(C)n1-c1ccc(-c2ccc([N+](=O)[O-])cc2)cc1. The first-order valence-corrected chi connectivity index (χ1v) is 8.49. The van der Waals surface area contributed by atoms with Gasteiger partial charge in [0.25, 0.3) is 5.69 Å². The van der Waals surface area contributed by atoms with Crippen molar-refractivity contribution in [3.63, 3.8) is 0 Å². The first kappa shape index (κ1) is 18.8. The quantitative estimate of drug-likeness (QED) is 0.401. The second kappa shape index (κ2) is 7.75. The molecule has 1 aromatic heterocycles. The minimum atomic E-state index is -0.716. The Hall–Kier alpha value is -3.94. The molecule has 0 aliphatic rings. The van der Waals surface area contributed by atoms with Gasteiger partial charge >= 0.3 is 6.03 Å². The molecule has 0 aliphatic carbocycles. The fourth-order valence-corrected chi connectivity index (χ4v) is 3.06. The van der Waals surface area contributed by atoms with Gasteiger partial charge in [-0.1, -0.05) is 12.1 Å². The molecule has 0 aliphatic heterocycles. The van der Waals surface area contributed by atoms with Crippen LogP contribution < -0.4 is 11.2 Å². The monoisotopic (exact) mass is 377 g/mol. The molecule has 3 N–H and O–H groups in total. The number of carbonyl (C=O) groups is 1. The third-order valence-corrected chi connectivity index (χ3v) is 4.39. The lowest BCUT2D eigenvalue weighted by atomic mass is 10.0. The van der Waals surface area contributed by atoms with Gasteiger partial charge in [0.1, 0.15) is 0 Å². The van der Waals surface area contributed by atoms with Gasteiger partial charge in [-0.3, -0.25) is 10.1 Å². The lowest BCUT2D eigenvalue weighted by Gasteiger charge is -2.11. The van der Waals surface area contributed by atoms with E-state index in [9.17, 15) is 14.9 Å². The second-order valence-corrected chi connectivity index (χ2v) is 6.25. The summed E-state index contributed by atoms with van der Waals surface area (Å²) in [6.07, 6.45) is 1.55. The average molecular weight is 377 g/mol. The number of primary amides is 1. The molecule has 28 heavy (non-hydrogen) atoms. The van der Waals surface area contributed by atoms with Crippen molar-refractivity contribution in [2.24, 2.45) is 10.8 Å². The van der Waals surface area contributed by atoms with Crippen molar-refractivity contribution in [3.8, 4) is 16.8 Å². The van der Waals surface area contributed by atoms with Crippen LogP contribution in [0.15, 0.2) is 59.7 Å². The number of rotatable bonds is 5. The van der Waals surface area contributed by atoms with E-state index in [4.69, 9.17) is 5.73 Å². The highest BCUT2D eigenvalue weighted by Crippen LogP contribution is 2.25. The van der Waals surface area contributed by atoms with E-state index in [0.29, 0.717) is 0 Å². The van der Waals surface area contributed by atoms with Gasteiger partial charge in [0, 0.05) is 34.8 Å². The van der Waals surface area contributed by atoms with Crippen molar-refractivity contribution in [3.05, 3.63) is 81.7 Å². The first-order chi connectivity index (χ1) is 13.4. The summed E-state index contributed by atoms with van der Waals surface area (Å²) >= 11 is 0. The van der Waals surface area contributed by atoms with E-state index >= 15 is 0 Å². The van der Waals surface area contributed by atoms with Crippen LogP contribution in [0.3, 0.4) is 0 Å².